The lowest BCUT2D eigenvalue weighted by molar-refractivity contribution is 0.473. The molecular formula is C13H13FN2O. The van der Waals surface area contributed by atoms with Gasteiger partial charge in [0, 0.05) is 12.7 Å². The average molecular weight is 232 g/mol. The van der Waals surface area contributed by atoms with Crippen molar-refractivity contribution in [3.63, 3.8) is 0 Å². The van der Waals surface area contributed by atoms with Gasteiger partial charge in [-0.15, -0.1) is 0 Å². The standard InChI is InChI=1S/C13H13FN2O/c1-9-4-11(14)2-3-13(9)17-12-5-10(6-15)7-16-8-12/h2-5,7-8H,6,15H2,1H3. The van der Waals surface area contributed by atoms with Crippen LogP contribution in [-0.4, -0.2) is 4.98 Å². The van der Waals surface area contributed by atoms with Crippen molar-refractivity contribution in [2.45, 2.75) is 13.5 Å². The second kappa shape index (κ2) is 4.93. The fourth-order valence-electron chi connectivity index (χ4n) is 1.49. The maximum atomic E-state index is 12.9. The zero-order chi connectivity index (χ0) is 12.3. The average Bonchev–Trinajstić information content (AvgIpc) is 2.33. The summed E-state index contributed by atoms with van der Waals surface area (Å²) in [5.41, 5.74) is 7.15. The number of benzene rings is 1. The molecule has 88 valence electrons. The third-order valence-electron chi connectivity index (χ3n) is 2.37. The van der Waals surface area contributed by atoms with Crippen molar-refractivity contribution in [2.75, 3.05) is 0 Å². The summed E-state index contributed by atoms with van der Waals surface area (Å²) >= 11 is 0. The van der Waals surface area contributed by atoms with Crippen LogP contribution in [0.1, 0.15) is 11.1 Å². The van der Waals surface area contributed by atoms with Gasteiger partial charge < -0.3 is 10.5 Å². The molecular weight excluding hydrogens is 219 g/mol. The number of rotatable bonds is 3. The van der Waals surface area contributed by atoms with Gasteiger partial charge in [0.15, 0.2) is 0 Å². The molecule has 1 aromatic carbocycles. The van der Waals surface area contributed by atoms with E-state index in [4.69, 9.17) is 10.5 Å². The van der Waals surface area contributed by atoms with E-state index in [-0.39, 0.29) is 5.82 Å². The van der Waals surface area contributed by atoms with Crippen molar-refractivity contribution < 1.29 is 9.13 Å². The van der Waals surface area contributed by atoms with Gasteiger partial charge in [0.25, 0.3) is 0 Å². The second-order valence-corrected chi connectivity index (χ2v) is 3.74. The number of aromatic nitrogens is 1. The molecule has 0 bridgehead atoms. The largest absolute Gasteiger partial charge is 0.455 e. The monoisotopic (exact) mass is 232 g/mol. The molecule has 2 rings (SSSR count). The van der Waals surface area contributed by atoms with E-state index in [0.29, 0.717) is 18.0 Å². The van der Waals surface area contributed by atoms with E-state index in [0.717, 1.165) is 11.1 Å². The molecule has 0 aliphatic carbocycles. The Balaban J connectivity index is 2.25. The van der Waals surface area contributed by atoms with Crippen LogP contribution in [0.15, 0.2) is 36.7 Å². The quantitative estimate of drug-likeness (QED) is 0.885. The van der Waals surface area contributed by atoms with Crippen molar-refractivity contribution in [3.8, 4) is 11.5 Å². The Morgan fingerprint density at radius 3 is 2.82 bits per heavy atom. The fraction of sp³-hybridized carbons (Fsp3) is 0.154. The highest BCUT2D eigenvalue weighted by Gasteiger charge is 2.03. The van der Waals surface area contributed by atoms with Crippen molar-refractivity contribution >= 4 is 0 Å². The number of aryl methyl sites for hydroxylation is 1. The molecule has 1 heterocycles. The van der Waals surface area contributed by atoms with Gasteiger partial charge in [0.1, 0.15) is 17.3 Å². The molecule has 0 aliphatic rings. The van der Waals surface area contributed by atoms with E-state index in [2.05, 4.69) is 4.98 Å². The van der Waals surface area contributed by atoms with Crippen LogP contribution in [0.25, 0.3) is 0 Å². The predicted molar refractivity (Wildman–Crippen MR) is 63.3 cm³/mol. The highest BCUT2D eigenvalue weighted by Crippen LogP contribution is 2.25. The van der Waals surface area contributed by atoms with Gasteiger partial charge in [-0.25, -0.2) is 4.39 Å². The van der Waals surface area contributed by atoms with Crippen LogP contribution in [-0.2, 0) is 6.54 Å². The van der Waals surface area contributed by atoms with Crippen LogP contribution < -0.4 is 10.5 Å². The Bertz CT molecular complexity index is 529. The Morgan fingerprint density at radius 2 is 2.12 bits per heavy atom. The number of ether oxygens (including phenoxy) is 1. The SMILES string of the molecule is Cc1cc(F)ccc1Oc1cncc(CN)c1. The molecule has 0 unspecified atom stereocenters. The molecule has 0 radical (unpaired) electrons. The lowest BCUT2D eigenvalue weighted by atomic mass is 10.2. The van der Waals surface area contributed by atoms with Crippen LogP contribution in [0.3, 0.4) is 0 Å². The molecule has 0 saturated heterocycles. The van der Waals surface area contributed by atoms with Gasteiger partial charge in [-0.1, -0.05) is 0 Å². The summed E-state index contributed by atoms with van der Waals surface area (Å²) in [7, 11) is 0. The molecule has 2 aromatic rings. The number of pyridine rings is 1. The smallest absolute Gasteiger partial charge is 0.146 e. The Kier molecular flexibility index (Phi) is 3.35. The predicted octanol–water partition coefficient (Wildman–Crippen LogP) is 2.78. The molecule has 0 atom stereocenters. The first-order valence-corrected chi connectivity index (χ1v) is 5.27. The summed E-state index contributed by atoms with van der Waals surface area (Å²) in [6, 6.07) is 6.20. The van der Waals surface area contributed by atoms with E-state index in [1.54, 1.807) is 25.4 Å². The molecule has 0 aliphatic heterocycles. The third-order valence-corrected chi connectivity index (χ3v) is 2.37. The summed E-state index contributed by atoms with van der Waals surface area (Å²) in [4.78, 5) is 4.02. The summed E-state index contributed by atoms with van der Waals surface area (Å²) < 4.78 is 18.5. The maximum absolute atomic E-state index is 12.9. The van der Waals surface area contributed by atoms with Crippen molar-refractivity contribution in [1.29, 1.82) is 0 Å². The summed E-state index contributed by atoms with van der Waals surface area (Å²) in [5.74, 6) is 0.939. The number of nitrogens with two attached hydrogens (primary N) is 1. The zero-order valence-electron chi connectivity index (χ0n) is 9.48. The fourth-order valence-corrected chi connectivity index (χ4v) is 1.49. The van der Waals surface area contributed by atoms with E-state index >= 15 is 0 Å². The highest BCUT2D eigenvalue weighted by molar-refractivity contribution is 5.37. The van der Waals surface area contributed by atoms with Crippen LogP contribution in [0.4, 0.5) is 4.39 Å². The highest BCUT2D eigenvalue weighted by atomic mass is 19.1. The minimum Gasteiger partial charge on any atom is -0.455 e. The molecule has 0 amide bonds. The molecule has 3 nitrogen and oxygen atoms in total. The second-order valence-electron chi connectivity index (χ2n) is 3.74. The summed E-state index contributed by atoms with van der Waals surface area (Å²) in [6.07, 6.45) is 3.28. The Hall–Kier alpha value is -1.94. The van der Waals surface area contributed by atoms with E-state index in [9.17, 15) is 4.39 Å². The number of hydrogen-bond acceptors (Lipinski definition) is 3. The van der Waals surface area contributed by atoms with Crippen LogP contribution in [0.2, 0.25) is 0 Å². The zero-order valence-corrected chi connectivity index (χ0v) is 9.48. The van der Waals surface area contributed by atoms with E-state index in [1.807, 2.05) is 6.07 Å². The molecule has 0 saturated carbocycles. The number of nitrogens with zero attached hydrogens (tertiary/aromatic N) is 1. The van der Waals surface area contributed by atoms with Crippen LogP contribution in [0.5, 0.6) is 11.5 Å². The lowest BCUT2D eigenvalue weighted by Crippen LogP contribution is -1.97. The maximum Gasteiger partial charge on any atom is 0.146 e. The summed E-state index contributed by atoms with van der Waals surface area (Å²) in [6.45, 7) is 2.20. The Morgan fingerprint density at radius 1 is 1.29 bits per heavy atom. The molecule has 17 heavy (non-hydrogen) atoms. The minimum atomic E-state index is -0.274. The van der Waals surface area contributed by atoms with Crippen LogP contribution >= 0.6 is 0 Å². The molecule has 0 spiro atoms. The van der Waals surface area contributed by atoms with Crippen molar-refractivity contribution in [2.24, 2.45) is 5.73 Å². The van der Waals surface area contributed by atoms with Gasteiger partial charge in [0.2, 0.25) is 0 Å². The Labute approximate surface area is 99.1 Å². The van der Waals surface area contributed by atoms with Gasteiger partial charge in [-0.2, -0.15) is 0 Å². The molecule has 4 heteroatoms. The normalized spacial score (nSPS) is 10.3. The summed E-state index contributed by atoms with van der Waals surface area (Å²) in [5, 5.41) is 0. The number of hydrogen-bond donors (Lipinski definition) is 1. The van der Waals surface area contributed by atoms with E-state index in [1.165, 1.54) is 12.1 Å². The number of halogens is 1. The third kappa shape index (κ3) is 2.79. The minimum absolute atomic E-state index is 0.274. The first kappa shape index (κ1) is 11.5. The van der Waals surface area contributed by atoms with Gasteiger partial charge >= 0.3 is 0 Å². The first-order valence-electron chi connectivity index (χ1n) is 5.27. The van der Waals surface area contributed by atoms with Crippen molar-refractivity contribution in [1.82, 2.24) is 4.98 Å². The first-order chi connectivity index (χ1) is 8.19. The van der Waals surface area contributed by atoms with Gasteiger partial charge in [-0.3, -0.25) is 4.98 Å². The van der Waals surface area contributed by atoms with Crippen LogP contribution in [0, 0.1) is 12.7 Å². The molecule has 1 aromatic heterocycles. The lowest BCUT2D eigenvalue weighted by Gasteiger charge is -2.09. The van der Waals surface area contributed by atoms with Crippen molar-refractivity contribution in [3.05, 3.63) is 53.6 Å². The molecule has 0 fully saturated rings. The molecule has 2 N–H and O–H groups in total. The van der Waals surface area contributed by atoms with E-state index < -0.39 is 0 Å². The topological polar surface area (TPSA) is 48.1 Å². The van der Waals surface area contributed by atoms with Gasteiger partial charge in [-0.05, 0) is 42.3 Å². The van der Waals surface area contributed by atoms with Gasteiger partial charge in [0.05, 0.1) is 6.20 Å².